The first-order valence-electron chi connectivity index (χ1n) is 7.81. The SMILES string of the molecule is CC(CCc1ccccc1)NC(=O)C=Cc1ccc([N+](=O)[O-])cc1. The van der Waals surface area contributed by atoms with Gasteiger partial charge in [-0.3, -0.25) is 14.9 Å². The van der Waals surface area contributed by atoms with Crippen LogP contribution in [-0.2, 0) is 11.2 Å². The molecule has 0 aliphatic carbocycles. The zero-order valence-corrected chi connectivity index (χ0v) is 13.5. The number of benzene rings is 2. The van der Waals surface area contributed by atoms with Crippen molar-refractivity contribution in [2.24, 2.45) is 0 Å². The Morgan fingerprint density at radius 3 is 2.46 bits per heavy atom. The molecule has 5 nitrogen and oxygen atoms in total. The van der Waals surface area contributed by atoms with Crippen LogP contribution >= 0.6 is 0 Å². The molecule has 5 heteroatoms. The lowest BCUT2D eigenvalue weighted by Gasteiger charge is -2.12. The van der Waals surface area contributed by atoms with E-state index in [4.69, 9.17) is 0 Å². The molecule has 0 heterocycles. The zero-order valence-electron chi connectivity index (χ0n) is 13.5. The lowest BCUT2D eigenvalue weighted by Crippen LogP contribution is -2.31. The monoisotopic (exact) mass is 324 g/mol. The average molecular weight is 324 g/mol. The summed E-state index contributed by atoms with van der Waals surface area (Å²) >= 11 is 0. The van der Waals surface area contributed by atoms with Gasteiger partial charge in [0.2, 0.25) is 5.91 Å². The second kappa shape index (κ2) is 8.62. The highest BCUT2D eigenvalue weighted by molar-refractivity contribution is 5.91. The number of aryl methyl sites for hydroxylation is 1. The van der Waals surface area contributed by atoms with Gasteiger partial charge in [0.05, 0.1) is 4.92 Å². The average Bonchev–Trinajstić information content (AvgIpc) is 2.59. The molecule has 0 saturated carbocycles. The van der Waals surface area contributed by atoms with Gasteiger partial charge >= 0.3 is 0 Å². The third-order valence-electron chi connectivity index (χ3n) is 3.63. The molecule has 0 saturated heterocycles. The van der Waals surface area contributed by atoms with Gasteiger partial charge in [0, 0.05) is 24.3 Å². The Kier molecular flexibility index (Phi) is 6.25. The molecule has 0 aromatic heterocycles. The molecule has 1 amide bonds. The first kappa shape index (κ1) is 17.4. The van der Waals surface area contributed by atoms with Gasteiger partial charge in [-0.1, -0.05) is 30.3 Å². The van der Waals surface area contributed by atoms with Crippen molar-refractivity contribution in [1.29, 1.82) is 0 Å². The Hall–Kier alpha value is -2.95. The van der Waals surface area contributed by atoms with E-state index >= 15 is 0 Å². The summed E-state index contributed by atoms with van der Waals surface area (Å²) in [5.41, 5.74) is 2.03. The molecular formula is C19H20N2O3. The summed E-state index contributed by atoms with van der Waals surface area (Å²) in [7, 11) is 0. The molecule has 0 aliphatic heterocycles. The molecular weight excluding hydrogens is 304 g/mol. The number of nitro groups is 1. The molecule has 2 aromatic carbocycles. The van der Waals surface area contributed by atoms with Crippen LogP contribution in [0.3, 0.4) is 0 Å². The van der Waals surface area contributed by atoms with Gasteiger partial charge in [-0.2, -0.15) is 0 Å². The van der Waals surface area contributed by atoms with Crippen LogP contribution in [0.25, 0.3) is 6.08 Å². The number of nitrogens with zero attached hydrogens (tertiary/aromatic N) is 1. The summed E-state index contributed by atoms with van der Waals surface area (Å²) in [6.45, 7) is 1.97. The van der Waals surface area contributed by atoms with Crippen LogP contribution in [0, 0.1) is 10.1 Å². The molecule has 0 fully saturated rings. The van der Waals surface area contributed by atoms with Gasteiger partial charge in [-0.25, -0.2) is 0 Å². The minimum Gasteiger partial charge on any atom is -0.350 e. The summed E-state index contributed by atoms with van der Waals surface area (Å²) < 4.78 is 0. The van der Waals surface area contributed by atoms with E-state index in [-0.39, 0.29) is 17.6 Å². The first-order valence-corrected chi connectivity index (χ1v) is 7.81. The molecule has 24 heavy (non-hydrogen) atoms. The van der Waals surface area contributed by atoms with Gasteiger partial charge in [0.25, 0.3) is 5.69 Å². The minimum absolute atomic E-state index is 0.0335. The predicted molar refractivity (Wildman–Crippen MR) is 94.5 cm³/mol. The predicted octanol–water partition coefficient (Wildman–Crippen LogP) is 3.75. The molecule has 1 atom stereocenters. The van der Waals surface area contributed by atoms with Crippen LogP contribution in [0.1, 0.15) is 24.5 Å². The van der Waals surface area contributed by atoms with Gasteiger partial charge in [-0.15, -0.1) is 0 Å². The number of non-ortho nitro benzene ring substituents is 1. The standard InChI is InChI=1S/C19H20N2O3/c1-15(7-8-16-5-3-2-4-6-16)20-19(22)14-11-17-9-12-18(13-10-17)21(23)24/h2-6,9-15H,7-8H2,1H3,(H,20,22). The number of amides is 1. The Labute approximate surface area is 141 Å². The molecule has 0 aliphatic rings. The Bertz CT molecular complexity index is 709. The quantitative estimate of drug-likeness (QED) is 0.479. The van der Waals surface area contributed by atoms with Crippen molar-refractivity contribution < 1.29 is 9.72 Å². The molecule has 0 spiro atoms. The van der Waals surface area contributed by atoms with E-state index in [1.54, 1.807) is 18.2 Å². The third-order valence-corrected chi connectivity index (χ3v) is 3.63. The van der Waals surface area contributed by atoms with Gasteiger partial charge in [-0.05, 0) is 49.1 Å². The van der Waals surface area contributed by atoms with Gasteiger partial charge in [0.1, 0.15) is 0 Å². The third kappa shape index (κ3) is 5.68. The maximum absolute atomic E-state index is 11.9. The minimum atomic E-state index is -0.450. The molecule has 2 rings (SSSR count). The molecule has 1 unspecified atom stereocenters. The number of hydrogen-bond donors (Lipinski definition) is 1. The van der Waals surface area contributed by atoms with Gasteiger partial charge < -0.3 is 5.32 Å². The van der Waals surface area contributed by atoms with Crippen LogP contribution < -0.4 is 5.32 Å². The number of nitrogens with one attached hydrogen (secondary N) is 1. The number of rotatable bonds is 7. The van der Waals surface area contributed by atoms with Crippen molar-refractivity contribution in [2.45, 2.75) is 25.8 Å². The van der Waals surface area contributed by atoms with E-state index in [2.05, 4.69) is 17.4 Å². The second-order valence-electron chi connectivity index (χ2n) is 5.62. The number of hydrogen-bond acceptors (Lipinski definition) is 3. The largest absolute Gasteiger partial charge is 0.350 e. The van der Waals surface area contributed by atoms with Crippen LogP contribution in [0.15, 0.2) is 60.7 Å². The molecule has 0 radical (unpaired) electrons. The van der Waals surface area contributed by atoms with E-state index in [0.717, 1.165) is 18.4 Å². The lowest BCUT2D eigenvalue weighted by atomic mass is 10.1. The van der Waals surface area contributed by atoms with Crippen molar-refractivity contribution in [3.8, 4) is 0 Å². The second-order valence-corrected chi connectivity index (χ2v) is 5.62. The Morgan fingerprint density at radius 1 is 1.17 bits per heavy atom. The maximum Gasteiger partial charge on any atom is 0.269 e. The molecule has 2 aromatic rings. The van der Waals surface area contributed by atoms with Crippen molar-refractivity contribution >= 4 is 17.7 Å². The fraction of sp³-hybridized carbons (Fsp3) is 0.211. The van der Waals surface area contributed by atoms with Crippen molar-refractivity contribution in [3.63, 3.8) is 0 Å². The topological polar surface area (TPSA) is 72.2 Å². The van der Waals surface area contributed by atoms with E-state index in [0.29, 0.717) is 0 Å². The summed E-state index contributed by atoms with van der Waals surface area (Å²) in [6.07, 6.45) is 4.86. The number of carbonyl (C=O) groups excluding carboxylic acids is 1. The van der Waals surface area contributed by atoms with Crippen molar-refractivity contribution in [1.82, 2.24) is 5.32 Å². The Balaban J connectivity index is 1.80. The Morgan fingerprint density at radius 2 is 1.83 bits per heavy atom. The smallest absolute Gasteiger partial charge is 0.269 e. The highest BCUT2D eigenvalue weighted by Crippen LogP contribution is 2.12. The molecule has 1 N–H and O–H groups in total. The summed E-state index contributed by atoms with van der Waals surface area (Å²) in [5.74, 6) is -0.172. The summed E-state index contributed by atoms with van der Waals surface area (Å²) in [4.78, 5) is 22.0. The van der Waals surface area contributed by atoms with E-state index in [1.165, 1.54) is 23.8 Å². The summed E-state index contributed by atoms with van der Waals surface area (Å²) in [5, 5.41) is 13.5. The van der Waals surface area contributed by atoms with E-state index in [9.17, 15) is 14.9 Å². The van der Waals surface area contributed by atoms with Crippen LogP contribution in [0.4, 0.5) is 5.69 Å². The highest BCUT2D eigenvalue weighted by atomic mass is 16.6. The highest BCUT2D eigenvalue weighted by Gasteiger charge is 2.06. The normalized spacial score (nSPS) is 12.0. The van der Waals surface area contributed by atoms with Crippen molar-refractivity contribution in [2.75, 3.05) is 0 Å². The lowest BCUT2D eigenvalue weighted by molar-refractivity contribution is -0.384. The zero-order chi connectivity index (χ0) is 17.4. The van der Waals surface area contributed by atoms with Crippen LogP contribution in [-0.4, -0.2) is 16.9 Å². The summed E-state index contributed by atoms with van der Waals surface area (Å²) in [6, 6.07) is 16.3. The first-order chi connectivity index (χ1) is 11.5. The number of nitro benzene ring substituents is 1. The molecule has 0 bridgehead atoms. The van der Waals surface area contributed by atoms with Gasteiger partial charge in [0.15, 0.2) is 0 Å². The fourth-order valence-corrected chi connectivity index (χ4v) is 2.27. The maximum atomic E-state index is 11.9. The van der Waals surface area contributed by atoms with Crippen LogP contribution in [0.2, 0.25) is 0 Å². The van der Waals surface area contributed by atoms with E-state index < -0.39 is 4.92 Å². The van der Waals surface area contributed by atoms with Crippen LogP contribution in [0.5, 0.6) is 0 Å². The van der Waals surface area contributed by atoms with E-state index in [1.807, 2.05) is 25.1 Å². The number of carbonyl (C=O) groups is 1. The van der Waals surface area contributed by atoms with Crippen molar-refractivity contribution in [3.05, 3.63) is 81.9 Å². The fourth-order valence-electron chi connectivity index (χ4n) is 2.27. The molecule has 124 valence electrons.